The topological polar surface area (TPSA) is 93.5 Å². The van der Waals surface area contributed by atoms with Crippen LogP contribution in [0, 0.1) is 6.92 Å². The lowest BCUT2D eigenvalue weighted by molar-refractivity contribution is 0.0687. The van der Waals surface area contributed by atoms with Gasteiger partial charge in [0.2, 0.25) is 0 Å². The number of rotatable bonds is 4. The van der Waals surface area contributed by atoms with Crippen LogP contribution < -0.4 is 5.32 Å². The van der Waals surface area contributed by atoms with Crippen molar-refractivity contribution in [2.45, 2.75) is 13.5 Å². The van der Waals surface area contributed by atoms with Crippen molar-refractivity contribution in [2.24, 2.45) is 0 Å². The first-order valence-electron chi connectivity index (χ1n) is 6.22. The van der Waals surface area contributed by atoms with E-state index in [1.54, 1.807) is 31.2 Å². The van der Waals surface area contributed by atoms with Gasteiger partial charge in [-0.15, -0.1) is 0 Å². The summed E-state index contributed by atoms with van der Waals surface area (Å²) in [5.41, 5.74) is 2.24. The van der Waals surface area contributed by atoms with Crippen molar-refractivity contribution in [3.63, 3.8) is 0 Å². The summed E-state index contributed by atoms with van der Waals surface area (Å²) in [6.45, 7) is 2.06. The summed E-state index contributed by atoms with van der Waals surface area (Å²) in [6, 6.07) is 8.57. The Hall–Kier alpha value is -2.83. The van der Waals surface area contributed by atoms with Crippen LogP contribution in [0.15, 0.2) is 30.3 Å². The van der Waals surface area contributed by atoms with Gasteiger partial charge in [0.05, 0.1) is 18.5 Å². The second kappa shape index (κ2) is 6.08. The molecular weight excluding hydrogens is 274 g/mol. The Labute approximate surface area is 121 Å². The van der Waals surface area contributed by atoms with Gasteiger partial charge in [0.15, 0.2) is 5.69 Å². The van der Waals surface area contributed by atoms with Crippen molar-refractivity contribution in [3.05, 3.63) is 47.3 Å². The molecule has 0 saturated carbocycles. The number of nitrogens with zero attached hydrogens (tertiary/aromatic N) is 2. The van der Waals surface area contributed by atoms with E-state index in [9.17, 15) is 9.59 Å². The predicted octanol–water partition coefficient (Wildman–Crippen LogP) is 1.73. The summed E-state index contributed by atoms with van der Waals surface area (Å²) in [5, 5.41) is 15.9. The van der Waals surface area contributed by atoms with E-state index in [2.05, 4.69) is 15.2 Å². The predicted molar refractivity (Wildman–Crippen MR) is 74.5 cm³/mol. The molecule has 110 valence electrons. The molecule has 0 aliphatic rings. The van der Waals surface area contributed by atoms with Crippen LogP contribution in [0.25, 0.3) is 5.69 Å². The minimum Gasteiger partial charge on any atom is -0.477 e. The average Bonchev–Trinajstić information content (AvgIpc) is 2.87. The van der Waals surface area contributed by atoms with Gasteiger partial charge in [-0.3, -0.25) is 0 Å². The van der Waals surface area contributed by atoms with Gasteiger partial charge in [0.1, 0.15) is 0 Å². The Morgan fingerprint density at radius 1 is 1.33 bits per heavy atom. The first-order chi connectivity index (χ1) is 10.0. The number of nitrogens with one attached hydrogen (secondary N) is 1. The maximum Gasteiger partial charge on any atom is 0.407 e. The Balaban J connectivity index is 2.19. The Kier molecular flexibility index (Phi) is 4.22. The quantitative estimate of drug-likeness (QED) is 0.894. The molecule has 0 spiro atoms. The molecule has 0 saturated heterocycles. The summed E-state index contributed by atoms with van der Waals surface area (Å²) in [5.74, 6) is -1.04. The largest absolute Gasteiger partial charge is 0.477 e. The standard InChI is InChI=1S/C14H15N3O4/c1-9-7-12(13(18)19)17(16-9)11-5-3-10(4-6-11)8-15-14(20)21-2/h3-7H,8H2,1-2H3,(H,15,20)(H,18,19). The number of aromatic nitrogens is 2. The van der Waals surface area contributed by atoms with Crippen molar-refractivity contribution < 1.29 is 19.4 Å². The van der Waals surface area contributed by atoms with Crippen LogP contribution >= 0.6 is 0 Å². The molecule has 21 heavy (non-hydrogen) atoms. The number of alkyl carbamates (subject to hydrolysis) is 1. The molecule has 1 heterocycles. The lowest BCUT2D eigenvalue weighted by Crippen LogP contribution is -2.22. The lowest BCUT2D eigenvalue weighted by atomic mass is 10.2. The van der Waals surface area contributed by atoms with Crippen LogP contribution in [0.3, 0.4) is 0 Å². The number of carboxylic acid groups (broad SMARTS) is 1. The molecule has 0 atom stereocenters. The maximum atomic E-state index is 11.2. The summed E-state index contributed by atoms with van der Waals surface area (Å²) >= 11 is 0. The highest BCUT2D eigenvalue weighted by atomic mass is 16.5. The third-order valence-corrected chi connectivity index (χ3v) is 2.85. The van der Waals surface area contributed by atoms with Crippen molar-refractivity contribution >= 4 is 12.1 Å². The summed E-state index contributed by atoms with van der Waals surface area (Å²) < 4.78 is 5.85. The molecule has 0 unspecified atom stereocenters. The number of carbonyl (C=O) groups is 2. The van der Waals surface area contributed by atoms with Crippen LogP contribution in [0.4, 0.5) is 4.79 Å². The molecule has 2 aromatic rings. The molecule has 2 N–H and O–H groups in total. The number of hydrogen-bond acceptors (Lipinski definition) is 4. The highest BCUT2D eigenvalue weighted by Crippen LogP contribution is 2.14. The summed E-state index contributed by atoms with van der Waals surface area (Å²) in [7, 11) is 1.30. The number of carbonyl (C=O) groups excluding carboxylic acids is 1. The first kappa shape index (κ1) is 14.6. The second-order valence-electron chi connectivity index (χ2n) is 4.40. The van der Waals surface area contributed by atoms with Gasteiger partial charge in [-0.25, -0.2) is 14.3 Å². The third-order valence-electron chi connectivity index (χ3n) is 2.85. The second-order valence-corrected chi connectivity index (χ2v) is 4.40. The fourth-order valence-corrected chi connectivity index (χ4v) is 1.85. The molecule has 7 heteroatoms. The molecule has 0 fully saturated rings. The zero-order valence-electron chi connectivity index (χ0n) is 11.7. The molecule has 7 nitrogen and oxygen atoms in total. The van der Waals surface area contributed by atoms with Gasteiger partial charge in [-0.1, -0.05) is 12.1 Å². The van der Waals surface area contributed by atoms with Crippen LogP contribution in [-0.2, 0) is 11.3 Å². The highest BCUT2D eigenvalue weighted by molar-refractivity contribution is 5.86. The maximum absolute atomic E-state index is 11.2. The van der Waals surface area contributed by atoms with Crippen LogP contribution in [0.1, 0.15) is 21.7 Å². The molecular formula is C14H15N3O4. The van der Waals surface area contributed by atoms with E-state index in [1.165, 1.54) is 17.9 Å². The van der Waals surface area contributed by atoms with Gasteiger partial charge in [0.25, 0.3) is 0 Å². The van der Waals surface area contributed by atoms with E-state index in [1.807, 2.05) is 0 Å². The SMILES string of the molecule is COC(=O)NCc1ccc(-n2nc(C)cc2C(=O)O)cc1. The normalized spacial score (nSPS) is 10.2. The lowest BCUT2D eigenvalue weighted by Gasteiger charge is -2.07. The molecule has 1 amide bonds. The van der Waals surface area contributed by atoms with E-state index in [0.717, 1.165) is 5.56 Å². The van der Waals surface area contributed by atoms with E-state index >= 15 is 0 Å². The van der Waals surface area contributed by atoms with Crippen LogP contribution in [0.5, 0.6) is 0 Å². The van der Waals surface area contributed by atoms with E-state index in [-0.39, 0.29) is 5.69 Å². The van der Waals surface area contributed by atoms with Crippen molar-refractivity contribution in [1.29, 1.82) is 0 Å². The summed E-state index contributed by atoms with van der Waals surface area (Å²) in [6.07, 6.45) is -0.505. The first-order valence-corrected chi connectivity index (χ1v) is 6.22. The van der Waals surface area contributed by atoms with E-state index in [0.29, 0.717) is 17.9 Å². The molecule has 0 aliphatic carbocycles. The van der Waals surface area contributed by atoms with Crippen LogP contribution in [0.2, 0.25) is 0 Å². The Morgan fingerprint density at radius 3 is 2.57 bits per heavy atom. The number of aryl methyl sites for hydroxylation is 1. The Morgan fingerprint density at radius 2 is 2.00 bits per heavy atom. The molecule has 0 aliphatic heterocycles. The minimum absolute atomic E-state index is 0.105. The number of carboxylic acids is 1. The van der Waals surface area contributed by atoms with Crippen molar-refractivity contribution in [1.82, 2.24) is 15.1 Å². The zero-order valence-corrected chi connectivity index (χ0v) is 11.7. The monoisotopic (exact) mass is 289 g/mol. The number of aromatic carboxylic acids is 1. The molecule has 1 aromatic heterocycles. The molecule has 0 bridgehead atoms. The number of hydrogen-bond donors (Lipinski definition) is 2. The zero-order chi connectivity index (χ0) is 15.4. The minimum atomic E-state index is -1.04. The molecule has 1 aromatic carbocycles. The van der Waals surface area contributed by atoms with Crippen LogP contribution in [-0.4, -0.2) is 34.1 Å². The van der Waals surface area contributed by atoms with Gasteiger partial charge in [-0.2, -0.15) is 5.10 Å². The number of benzene rings is 1. The number of methoxy groups -OCH3 is 1. The van der Waals surface area contributed by atoms with Gasteiger partial charge in [0, 0.05) is 6.54 Å². The highest BCUT2D eigenvalue weighted by Gasteiger charge is 2.13. The third kappa shape index (κ3) is 3.38. The van der Waals surface area contributed by atoms with Crippen molar-refractivity contribution in [2.75, 3.05) is 7.11 Å². The van der Waals surface area contributed by atoms with Gasteiger partial charge >= 0.3 is 12.1 Å². The van der Waals surface area contributed by atoms with E-state index < -0.39 is 12.1 Å². The average molecular weight is 289 g/mol. The smallest absolute Gasteiger partial charge is 0.407 e. The molecule has 2 rings (SSSR count). The van der Waals surface area contributed by atoms with E-state index in [4.69, 9.17) is 5.11 Å². The van der Waals surface area contributed by atoms with Gasteiger partial charge < -0.3 is 15.2 Å². The Bertz CT molecular complexity index is 661. The fourth-order valence-electron chi connectivity index (χ4n) is 1.85. The molecule has 0 radical (unpaired) electrons. The van der Waals surface area contributed by atoms with Crippen molar-refractivity contribution in [3.8, 4) is 5.69 Å². The fraction of sp³-hybridized carbons (Fsp3) is 0.214. The van der Waals surface area contributed by atoms with Gasteiger partial charge in [-0.05, 0) is 30.7 Å². The number of amides is 1. The number of ether oxygens (including phenoxy) is 1. The summed E-state index contributed by atoms with van der Waals surface area (Å²) in [4.78, 5) is 22.1.